The van der Waals surface area contributed by atoms with Crippen LogP contribution in [0, 0.1) is 5.92 Å². The van der Waals surface area contributed by atoms with Gasteiger partial charge in [0, 0.05) is 18.4 Å². The van der Waals surface area contributed by atoms with E-state index in [4.69, 9.17) is 5.73 Å². The molecule has 0 aromatic rings. The molecule has 0 unspecified atom stereocenters. The van der Waals surface area contributed by atoms with Gasteiger partial charge in [0.1, 0.15) is 5.70 Å². The molecule has 0 radical (unpaired) electrons. The number of nitrogens with two attached hydrogens (primary N) is 1. The van der Waals surface area contributed by atoms with Gasteiger partial charge in [-0.05, 0) is 25.8 Å². The topological polar surface area (TPSA) is 67.2 Å². The molecule has 0 saturated carbocycles. The predicted octanol–water partition coefficient (Wildman–Crippen LogP) is 1.63. The van der Waals surface area contributed by atoms with E-state index in [1.807, 2.05) is 39.0 Å². The fraction of sp³-hybridized carbons (Fsp3) is 0.462. The van der Waals surface area contributed by atoms with Crippen LogP contribution < -0.4 is 16.4 Å². The van der Waals surface area contributed by atoms with Gasteiger partial charge in [-0.2, -0.15) is 0 Å². The number of rotatable bonds is 5. The number of amides is 1. The molecule has 0 aliphatic carbocycles. The Kier molecular flexibility index (Phi) is 6.79. The summed E-state index contributed by atoms with van der Waals surface area (Å²) >= 11 is 0. The van der Waals surface area contributed by atoms with Gasteiger partial charge in [0.15, 0.2) is 0 Å². The molecule has 17 heavy (non-hydrogen) atoms. The van der Waals surface area contributed by atoms with E-state index in [0.717, 1.165) is 5.70 Å². The summed E-state index contributed by atoms with van der Waals surface area (Å²) < 4.78 is 0. The molecule has 0 aliphatic rings. The Morgan fingerprint density at radius 1 is 1.35 bits per heavy atom. The van der Waals surface area contributed by atoms with Crippen molar-refractivity contribution in [3.63, 3.8) is 0 Å². The highest BCUT2D eigenvalue weighted by molar-refractivity contribution is 5.94. The third kappa shape index (κ3) is 5.80. The average Bonchev–Trinajstić information content (AvgIpc) is 2.26. The van der Waals surface area contributed by atoms with Gasteiger partial charge < -0.3 is 16.4 Å². The first kappa shape index (κ1) is 15.3. The molecule has 0 spiro atoms. The molecule has 1 amide bonds. The molecule has 0 heterocycles. The Morgan fingerprint density at radius 2 is 1.94 bits per heavy atom. The molecule has 0 aliphatic heterocycles. The minimum atomic E-state index is -0.290. The summed E-state index contributed by atoms with van der Waals surface area (Å²) in [5.41, 5.74) is 7.32. The second kappa shape index (κ2) is 7.54. The summed E-state index contributed by atoms with van der Waals surface area (Å²) in [5.74, 6) is 0.0685. The monoisotopic (exact) mass is 237 g/mol. The van der Waals surface area contributed by atoms with E-state index in [1.54, 1.807) is 14.0 Å². The van der Waals surface area contributed by atoms with Gasteiger partial charge in [-0.1, -0.05) is 26.0 Å². The van der Waals surface area contributed by atoms with Gasteiger partial charge in [0.25, 0.3) is 5.91 Å². The lowest BCUT2D eigenvalue weighted by Crippen LogP contribution is -2.30. The number of nitrogens with one attached hydrogen (secondary N) is 2. The Labute approximate surface area is 104 Å². The lowest BCUT2D eigenvalue weighted by atomic mass is 10.1. The van der Waals surface area contributed by atoms with Crippen molar-refractivity contribution in [1.82, 2.24) is 10.6 Å². The van der Waals surface area contributed by atoms with E-state index < -0.39 is 0 Å². The lowest BCUT2D eigenvalue weighted by molar-refractivity contribution is -0.116. The zero-order chi connectivity index (χ0) is 13.4. The number of hydrogen-bond acceptors (Lipinski definition) is 3. The molecule has 0 aromatic heterocycles. The second-order valence-corrected chi connectivity index (χ2v) is 4.11. The largest absolute Gasteiger partial charge is 0.393 e. The van der Waals surface area contributed by atoms with Crippen LogP contribution in [-0.4, -0.2) is 13.0 Å². The van der Waals surface area contributed by atoms with Crippen molar-refractivity contribution in [2.24, 2.45) is 11.7 Å². The van der Waals surface area contributed by atoms with E-state index in [1.165, 1.54) is 0 Å². The number of hydrogen-bond donors (Lipinski definition) is 3. The quantitative estimate of drug-likeness (QED) is 0.503. The van der Waals surface area contributed by atoms with Gasteiger partial charge in [-0.3, -0.25) is 4.79 Å². The third-order valence-corrected chi connectivity index (χ3v) is 2.14. The van der Waals surface area contributed by atoms with Crippen molar-refractivity contribution in [2.75, 3.05) is 7.05 Å². The lowest BCUT2D eigenvalue weighted by Gasteiger charge is -2.10. The fourth-order valence-corrected chi connectivity index (χ4v) is 1.18. The summed E-state index contributed by atoms with van der Waals surface area (Å²) in [4.78, 5) is 11.8. The zero-order valence-corrected chi connectivity index (χ0v) is 11.3. The van der Waals surface area contributed by atoms with E-state index >= 15 is 0 Å². The van der Waals surface area contributed by atoms with Crippen LogP contribution in [0.4, 0.5) is 0 Å². The Balaban J connectivity index is 4.86. The van der Waals surface area contributed by atoms with Crippen molar-refractivity contribution in [1.29, 1.82) is 0 Å². The molecule has 0 fully saturated rings. The van der Waals surface area contributed by atoms with Crippen LogP contribution in [0.5, 0.6) is 0 Å². The first-order chi connectivity index (χ1) is 7.92. The summed E-state index contributed by atoms with van der Waals surface area (Å²) in [5, 5.41) is 5.62. The number of carbonyl (C=O) groups is 1. The molecule has 0 saturated heterocycles. The molecule has 4 N–H and O–H groups in total. The highest BCUT2D eigenvalue weighted by atomic mass is 16.2. The molecular weight excluding hydrogens is 214 g/mol. The summed E-state index contributed by atoms with van der Waals surface area (Å²) in [6, 6.07) is 0. The fourth-order valence-electron chi connectivity index (χ4n) is 1.18. The SMILES string of the molecule is C/C=C\C(=C/C(C)C)NC(=O)/C(N)=C(/C)NC. The predicted molar refractivity (Wildman–Crippen MR) is 71.8 cm³/mol. The Morgan fingerprint density at radius 3 is 2.35 bits per heavy atom. The van der Waals surface area contributed by atoms with Crippen LogP contribution in [0.15, 0.2) is 35.3 Å². The molecule has 4 heteroatoms. The van der Waals surface area contributed by atoms with Crippen molar-refractivity contribution in [3.05, 3.63) is 35.3 Å². The molecule has 4 nitrogen and oxygen atoms in total. The Hall–Kier alpha value is -1.71. The first-order valence-electron chi connectivity index (χ1n) is 5.72. The molecule has 0 atom stereocenters. The first-order valence-corrected chi connectivity index (χ1v) is 5.72. The van der Waals surface area contributed by atoms with Crippen LogP contribution >= 0.6 is 0 Å². The molecule has 0 bridgehead atoms. The smallest absolute Gasteiger partial charge is 0.273 e. The van der Waals surface area contributed by atoms with Crippen LogP contribution in [0.1, 0.15) is 27.7 Å². The van der Waals surface area contributed by atoms with E-state index in [9.17, 15) is 4.79 Å². The van der Waals surface area contributed by atoms with E-state index in [-0.39, 0.29) is 11.6 Å². The molecular formula is C13H23N3O. The number of carbonyl (C=O) groups excluding carboxylic acids is 1. The van der Waals surface area contributed by atoms with E-state index in [0.29, 0.717) is 11.6 Å². The van der Waals surface area contributed by atoms with Crippen molar-refractivity contribution in [2.45, 2.75) is 27.7 Å². The minimum absolute atomic E-state index is 0.201. The summed E-state index contributed by atoms with van der Waals surface area (Å²) in [6.45, 7) is 7.76. The van der Waals surface area contributed by atoms with Gasteiger partial charge >= 0.3 is 0 Å². The van der Waals surface area contributed by atoms with Gasteiger partial charge in [0.05, 0.1) is 0 Å². The maximum Gasteiger partial charge on any atom is 0.273 e. The maximum atomic E-state index is 11.8. The van der Waals surface area contributed by atoms with Crippen molar-refractivity contribution < 1.29 is 4.79 Å². The summed E-state index contributed by atoms with van der Waals surface area (Å²) in [6.07, 6.45) is 5.69. The molecule has 96 valence electrons. The maximum absolute atomic E-state index is 11.8. The average molecular weight is 237 g/mol. The second-order valence-electron chi connectivity index (χ2n) is 4.11. The minimum Gasteiger partial charge on any atom is -0.393 e. The third-order valence-electron chi connectivity index (χ3n) is 2.14. The Bertz CT molecular complexity index is 352. The normalized spacial score (nSPS) is 13.9. The van der Waals surface area contributed by atoms with Crippen molar-refractivity contribution in [3.8, 4) is 0 Å². The van der Waals surface area contributed by atoms with Gasteiger partial charge in [-0.25, -0.2) is 0 Å². The van der Waals surface area contributed by atoms with Crippen LogP contribution in [0.2, 0.25) is 0 Å². The standard InChI is InChI=1S/C13H23N3O/c1-6-7-11(8-9(2)3)16-13(17)12(14)10(4)15-5/h6-9,15H,14H2,1-5H3,(H,16,17)/b7-6-,11-8+,12-10+. The van der Waals surface area contributed by atoms with E-state index in [2.05, 4.69) is 10.6 Å². The van der Waals surface area contributed by atoms with Crippen LogP contribution in [-0.2, 0) is 4.79 Å². The molecule has 0 rings (SSSR count). The van der Waals surface area contributed by atoms with Crippen LogP contribution in [0.25, 0.3) is 0 Å². The highest BCUT2D eigenvalue weighted by Crippen LogP contribution is 2.03. The number of allylic oxidation sites excluding steroid dienone is 4. The van der Waals surface area contributed by atoms with Crippen LogP contribution in [0.3, 0.4) is 0 Å². The summed E-state index contributed by atoms with van der Waals surface area (Å²) in [7, 11) is 1.73. The zero-order valence-electron chi connectivity index (χ0n) is 11.3. The van der Waals surface area contributed by atoms with Gasteiger partial charge in [-0.15, -0.1) is 0 Å². The highest BCUT2D eigenvalue weighted by Gasteiger charge is 2.09. The van der Waals surface area contributed by atoms with Gasteiger partial charge in [0.2, 0.25) is 0 Å². The molecule has 0 aromatic carbocycles. The van der Waals surface area contributed by atoms with Crippen molar-refractivity contribution >= 4 is 5.91 Å².